The third-order valence-electron chi connectivity index (χ3n) is 6.65. The molecule has 9 heteroatoms. The molecular weight excluding hydrogens is 398 g/mol. The van der Waals surface area contributed by atoms with Crippen molar-refractivity contribution in [3.8, 4) is 0 Å². The molecule has 29 heavy (non-hydrogen) atoms. The van der Waals surface area contributed by atoms with E-state index in [-0.39, 0.29) is 29.4 Å². The van der Waals surface area contributed by atoms with Crippen LogP contribution in [-0.4, -0.2) is 54.4 Å². The minimum absolute atomic E-state index is 0.0384. The summed E-state index contributed by atoms with van der Waals surface area (Å²) < 4.78 is 50.8. The SMILES string of the molecule is CN(c1ncnc2[nH]ccc12)[C@H]1C[C@@H](CS(=O)(=O)C[C@H]2CC[C@H](C(F)F)CC2)C1. The second-order valence-electron chi connectivity index (χ2n) is 8.73. The van der Waals surface area contributed by atoms with E-state index in [1.54, 1.807) is 0 Å². The number of nitrogens with zero attached hydrogens (tertiary/aromatic N) is 3. The van der Waals surface area contributed by atoms with Crippen LogP contribution in [0.1, 0.15) is 38.5 Å². The van der Waals surface area contributed by atoms with Gasteiger partial charge in [0.05, 0.1) is 16.9 Å². The number of aromatic nitrogens is 3. The first-order valence-corrected chi connectivity index (χ1v) is 12.1. The number of alkyl halides is 2. The van der Waals surface area contributed by atoms with Crippen LogP contribution in [0.2, 0.25) is 0 Å². The Bertz CT molecular complexity index is 935. The monoisotopic (exact) mass is 426 g/mol. The Kier molecular flexibility index (Phi) is 5.77. The third kappa shape index (κ3) is 4.54. The number of aromatic amines is 1. The van der Waals surface area contributed by atoms with E-state index < -0.39 is 22.2 Å². The van der Waals surface area contributed by atoms with Crippen LogP contribution in [0.3, 0.4) is 0 Å². The normalized spacial score (nSPS) is 27.9. The van der Waals surface area contributed by atoms with Crippen LogP contribution < -0.4 is 4.90 Å². The maximum atomic E-state index is 12.8. The minimum Gasteiger partial charge on any atom is -0.356 e. The number of hydrogen-bond acceptors (Lipinski definition) is 5. The number of halogens is 2. The highest BCUT2D eigenvalue weighted by molar-refractivity contribution is 7.91. The van der Waals surface area contributed by atoms with Gasteiger partial charge in [-0.3, -0.25) is 0 Å². The van der Waals surface area contributed by atoms with Crippen LogP contribution in [0.4, 0.5) is 14.6 Å². The van der Waals surface area contributed by atoms with Gasteiger partial charge in [-0.2, -0.15) is 0 Å². The number of rotatable bonds is 7. The zero-order valence-electron chi connectivity index (χ0n) is 16.6. The molecule has 1 N–H and O–H groups in total. The Morgan fingerprint density at radius 3 is 2.52 bits per heavy atom. The highest BCUT2D eigenvalue weighted by Crippen LogP contribution is 2.37. The first kappa shape index (κ1) is 20.5. The fraction of sp³-hybridized carbons (Fsp3) is 0.700. The first-order valence-electron chi connectivity index (χ1n) is 10.3. The molecule has 2 aliphatic rings. The van der Waals surface area contributed by atoms with Crippen molar-refractivity contribution in [2.24, 2.45) is 17.8 Å². The summed E-state index contributed by atoms with van der Waals surface area (Å²) in [5, 5.41) is 0.963. The lowest BCUT2D eigenvalue weighted by Crippen LogP contribution is -2.45. The molecule has 2 heterocycles. The molecule has 0 saturated heterocycles. The van der Waals surface area contributed by atoms with Gasteiger partial charge in [-0.25, -0.2) is 27.2 Å². The molecule has 2 fully saturated rings. The molecule has 0 aromatic carbocycles. The number of hydrogen-bond donors (Lipinski definition) is 1. The first-order chi connectivity index (χ1) is 13.8. The quantitative estimate of drug-likeness (QED) is 0.731. The molecule has 0 aliphatic heterocycles. The standard InChI is InChI=1S/C20H28F2N4O2S/c1-26(20-17-6-7-23-19(17)24-12-25-20)16-8-14(9-16)11-29(27,28)10-13-2-4-15(5-3-13)18(21)22/h6-7,12-16,18H,2-5,8-11H2,1H3,(H,23,24,25)/t13-,14-,15-,16+. The van der Waals surface area contributed by atoms with Crippen LogP contribution in [0.5, 0.6) is 0 Å². The molecule has 160 valence electrons. The van der Waals surface area contributed by atoms with E-state index in [4.69, 9.17) is 0 Å². The van der Waals surface area contributed by atoms with Crippen LogP contribution in [0, 0.1) is 17.8 Å². The van der Waals surface area contributed by atoms with Gasteiger partial charge in [0.25, 0.3) is 0 Å². The number of anilines is 1. The molecule has 2 aromatic heterocycles. The Balaban J connectivity index is 1.27. The Hall–Kier alpha value is -1.77. The van der Waals surface area contributed by atoms with Crippen molar-refractivity contribution in [2.45, 2.75) is 51.0 Å². The highest BCUT2D eigenvalue weighted by atomic mass is 32.2. The molecule has 0 spiro atoms. The van der Waals surface area contributed by atoms with E-state index >= 15 is 0 Å². The lowest BCUT2D eigenvalue weighted by atomic mass is 9.81. The smallest absolute Gasteiger partial charge is 0.241 e. The van der Waals surface area contributed by atoms with Gasteiger partial charge in [0.2, 0.25) is 6.43 Å². The van der Waals surface area contributed by atoms with Crippen LogP contribution >= 0.6 is 0 Å². The van der Waals surface area contributed by atoms with Crippen LogP contribution in [-0.2, 0) is 9.84 Å². The Labute approximate surface area is 170 Å². The fourth-order valence-electron chi connectivity index (χ4n) is 4.86. The molecule has 2 saturated carbocycles. The Morgan fingerprint density at radius 2 is 1.83 bits per heavy atom. The van der Waals surface area contributed by atoms with Crippen molar-refractivity contribution in [1.29, 1.82) is 0 Å². The lowest BCUT2D eigenvalue weighted by molar-refractivity contribution is 0.0486. The van der Waals surface area contributed by atoms with E-state index in [9.17, 15) is 17.2 Å². The van der Waals surface area contributed by atoms with Gasteiger partial charge in [0, 0.05) is 25.2 Å². The summed E-state index contributed by atoms with van der Waals surface area (Å²) in [6, 6.07) is 2.22. The molecule has 0 bridgehead atoms. The minimum atomic E-state index is -3.16. The molecule has 6 nitrogen and oxygen atoms in total. The summed E-state index contributed by atoms with van der Waals surface area (Å²) in [7, 11) is -1.16. The van der Waals surface area contributed by atoms with Gasteiger partial charge in [0.1, 0.15) is 17.8 Å². The van der Waals surface area contributed by atoms with Gasteiger partial charge >= 0.3 is 0 Å². The second kappa shape index (κ2) is 8.16. The number of nitrogens with one attached hydrogen (secondary N) is 1. The summed E-state index contributed by atoms with van der Waals surface area (Å²) in [4.78, 5) is 13.8. The van der Waals surface area contributed by atoms with E-state index in [1.807, 2.05) is 19.3 Å². The molecule has 2 aliphatic carbocycles. The fourth-order valence-corrected chi connectivity index (χ4v) is 7.04. The Morgan fingerprint density at radius 1 is 1.14 bits per heavy atom. The van der Waals surface area contributed by atoms with Gasteiger partial charge < -0.3 is 9.88 Å². The summed E-state index contributed by atoms with van der Waals surface area (Å²) in [6.07, 6.45) is 4.83. The summed E-state index contributed by atoms with van der Waals surface area (Å²) in [5.74, 6) is 0.860. The molecule has 0 radical (unpaired) electrons. The number of fused-ring (bicyclic) bond motifs is 1. The molecule has 0 amide bonds. The van der Waals surface area contributed by atoms with Gasteiger partial charge in [-0.05, 0) is 56.4 Å². The predicted molar refractivity (Wildman–Crippen MR) is 109 cm³/mol. The molecule has 0 unspecified atom stereocenters. The average Bonchev–Trinajstić information content (AvgIpc) is 3.12. The summed E-state index contributed by atoms with van der Waals surface area (Å²) >= 11 is 0. The molecule has 2 aromatic rings. The third-order valence-corrected chi connectivity index (χ3v) is 8.61. The number of sulfone groups is 1. The van der Waals surface area contributed by atoms with Crippen molar-refractivity contribution in [3.63, 3.8) is 0 Å². The van der Waals surface area contributed by atoms with Crippen molar-refractivity contribution in [3.05, 3.63) is 18.6 Å². The summed E-state index contributed by atoms with van der Waals surface area (Å²) in [6.45, 7) is 0. The topological polar surface area (TPSA) is 79.0 Å². The van der Waals surface area contributed by atoms with Crippen molar-refractivity contribution in [2.75, 3.05) is 23.5 Å². The van der Waals surface area contributed by atoms with Gasteiger partial charge in [0.15, 0.2) is 9.84 Å². The van der Waals surface area contributed by atoms with Gasteiger partial charge in [-0.15, -0.1) is 0 Å². The molecule has 0 atom stereocenters. The van der Waals surface area contributed by atoms with Crippen molar-refractivity contribution < 1.29 is 17.2 Å². The van der Waals surface area contributed by atoms with Crippen LogP contribution in [0.15, 0.2) is 18.6 Å². The average molecular weight is 427 g/mol. The zero-order valence-corrected chi connectivity index (χ0v) is 17.4. The van der Waals surface area contributed by atoms with Gasteiger partial charge in [-0.1, -0.05) is 0 Å². The van der Waals surface area contributed by atoms with Crippen LogP contribution in [0.25, 0.3) is 11.0 Å². The molecule has 4 rings (SSSR count). The van der Waals surface area contributed by atoms with E-state index in [2.05, 4.69) is 19.9 Å². The maximum Gasteiger partial charge on any atom is 0.241 e. The van der Waals surface area contributed by atoms with E-state index in [1.165, 1.54) is 6.33 Å². The number of H-pyrrole nitrogens is 1. The van der Waals surface area contributed by atoms with E-state index in [0.717, 1.165) is 29.7 Å². The predicted octanol–water partition coefficient (Wildman–Crippen LogP) is 3.66. The van der Waals surface area contributed by atoms with Crippen molar-refractivity contribution in [1.82, 2.24) is 15.0 Å². The van der Waals surface area contributed by atoms with E-state index in [0.29, 0.717) is 25.7 Å². The maximum absolute atomic E-state index is 12.8. The summed E-state index contributed by atoms with van der Waals surface area (Å²) in [5.41, 5.74) is 0.793. The lowest BCUT2D eigenvalue weighted by Gasteiger charge is -2.42. The molecular formula is C20H28F2N4O2S. The highest BCUT2D eigenvalue weighted by Gasteiger charge is 2.37. The zero-order chi connectivity index (χ0) is 20.6. The van der Waals surface area contributed by atoms with Crippen molar-refractivity contribution >= 4 is 26.7 Å². The largest absolute Gasteiger partial charge is 0.356 e. The second-order valence-corrected chi connectivity index (χ2v) is 10.9.